The second-order valence-electron chi connectivity index (χ2n) is 5.42. The highest BCUT2D eigenvalue weighted by atomic mass is 79.9. The molecule has 0 radical (unpaired) electrons. The van der Waals surface area contributed by atoms with Crippen LogP contribution in [0.1, 0.15) is 47.0 Å². The summed E-state index contributed by atoms with van der Waals surface area (Å²) in [5, 5.41) is 12.0. The van der Waals surface area contributed by atoms with Gasteiger partial charge in [0, 0.05) is 15.4 Å². The van der Waals surface area contributed by atoms with E-state index in [9.17, 15) is 0 Å². The van der Waals surface area contributed by atoms with Crippen LogP contribution in [-0.4, -0.2) is 17.0 Å². The largest absolute Gasteiger partial charge is 0.506 e. The van der Waals surface area contributed by atoms with Gasteiger partial charge in [0.2, 0.25) is 0 Å². The molecule has 0 amide bonds. The van der Waals surface area contributed by atoms with Crippen LogP contribution in [-0.2, 0) is 0 Å². The van der Waals surface area contributed by atoms with Crippen LogP contribution < -0.4 is 4.74 Å². The fraction of sp³-hybridized carbons (Fsp3) is 0.429. The van der Waals surface area contributed by atoms with E-state index < -0.39 is 0 Å². The highest BCUT2D eigenvalue weighted by Crippen LogP contribution is 2.27. The normalized spacial score (nSPS) is 9.25. The number of hydrogen-bond acceptors (Lipinski definition) is 2. The van der Waals surface area contributed by atoms with E-state index in [-0.39, 0.29) is 18.2 Å². The lowest BCUT2D eigenvalue weighted by Crippen LogP contribution is -1.96. The standard InChI is InChI=1S/C10H12Cl2O.C6H4Cl2O.C4H9Br.CH4/c1-2-3-6-13-10-5-4-8(11)7-9(10)12;7-4-1-2-6(9)5(8)3-4;1-2-3-4-5;/h4-5,7H,2-3,6H2,1H3;1-3,9H;2-4H2,1H3;1H4. The second kappa shape index (κ2) is 18.7. The first-order chi connectivity index (χ1) is 12.8. The second-order valence-corrected chi connectivity index (χ2v) is 7.90. The minimum Gasteiger partial charge on any atom is -0.506 e. The van der Waals surface area contributed by atoms with Gasteiger partial charge in [-0.05, 0) is 49.2 Å². The van der Waals surface area contributed by atoms with Crippen molar-refractivity contribution in [2.45, 2.75) is 47.0 Å². The van der Waals surface area contributed by atoms with E-state index in [0.29, 0.717) is 27.4 Å². The summed E-state index contributed by atoms with van der Waals surface area (Å²) >= 11 is 25.9. The average molecular weight is 535 g/mol. The molecule has 0 aliphatic rings. The Bertz CT molecular complexity index is 652. The molecule has 0 bridgehead atoms. The van der Waals surface area contributed by atoms with E-state index in [4.69, 9.17) is 56.2 Å². The first-order valence-electron chi connectivity index (χ1n) is 8.63. The first kappa shape index (κ1) is 29.9. The summed E-state index contributed by atoms with van der Waals surface area (Å²) in [6.07, 6.45) is 4.76. The van der Waals surface area contributed by atoms with Gasteiger partial charge in [-0.2, -0.15) is 0 Å². The number of rotatable bonds is 6. The average Bonchev–Trinajstić information content (AvgIpc) is 2.62. The Kier molecular flexibility index (Phi) is 19.9. The number of alkyl halides is 1. The number of unbranched alkanes of at least 4 members (excludes halogenated alkanes) is 2. The van der Waals surface area contributed by atoms with Gasteiger partial charge in [-0.25, -0.2) is 0 Å². The number of aromatic hydroxyl groups is 1. The number of phenolic OH excluding ortho intramolecular Hbond substituents is 1. The van der Waals surface area contributed by atoms with Crippen molar-refractivity contribution in [3.8, 4) is 11.5 Å². The van der Waals surface area contributed by atoms with Crippen LogP contribution in [0, 0.1) is 0 Å². The van der Waals surface area contributed by atoms with Crippen LogP contribution >= 0.6 is 62.3 Å². The lowest BCUT2D eigenvalue weighted by atomic mass is 10.3. The van der Waals surface area contributed by atoms with Crippen LogP contribution in [0.25, 0.3) is 0 Å². The van der Waals surface area contributed by atoms with Gasteiger partial charge in [0.05, 0.1) is 16.7 Å². The number of phenols is 1. The van der Waals surface area contributed by atoms with Crippen molar-refractivity contribution in [1.82, 2.24) is 0 Å². The SMILES string of the molecule is C.CCCCBr.CCCCOc1ccc(Cl)cc1Cl.Oc1ccc(Cl)cc1Cl. The van der Waals surface area contributed by atoms with Gasteiger partial charge in [-0.15, -0.1) is 0 Å². The van der Waals surface area contributed by atoms with E-state index in [1.165, 1.54) is 25.0 Å². The molecule has 0 aliphatic carbocycles. The lowest BCUT2D eigenvalue weighted by Gasteiger charge is -2.06. The maximum absolute atomic E-state index is 8.85. The molecule has 2 nitrogen and oxygen atoms in total. The Hall–Kier alpha value is -0.320. The zero-order valence-electron chi connectivity index (χ0n) is 15.5. The van der Waals surface area contributed by atoms with E-state index in [1.807, 2.05) is 0 Å². The van der Waals surface area contributed by atoms with E-state index in [0.717, 1.165) is 18.2 Å². The third-order valence-electron chi connectivity index (χ3n) is 3.05. The minimum absolute atomic E-state index is 0. The van der Waals surface area contributed by atoms with Gasteiger partial charge >= 0.3 is 0 Å². The summed E-state index contributed by atoms with van der Waals surface area (Å²) in [6.45, 7) is 5.01. The smallest absolute Gasteiger partial charge is 0.137 e. The maximum Gasteiger partial charge on any atom is 0.137 e. The van der Waals surface area contributed by atoms with E-state index in [2.05, 4.69) is 29.8 Å². The molecule has 0 unspecified atom stereocenters. The van der Waals surface area contributed by atoms with Crippen molar-refractivity contribution in [2.75, 3.05) is 11.9 Å². The Morgan fingerprint density at radius 3 is 1.79 bits per heavy atom. The number of benzene rings is 2. The van der Waals surface area contributed by atoms with Crippen molar-refractivity contribution in [2.24, 2.45) is 0 Å². The lowest BCUT2D eigenvalue weighted by molar-refractivity contribution is 0.309. The molecule has 0 fully saturated rings. The predicted octanol–water partition coefficient (Wildman–Crippen LogP) is 9.69. The van der Waals surface area contributed by atoms with Crippen LogP contribution in [0.3, 0.4) is 0 Å². The van der Waals surface area contributed by atoms with Gasteiger partial charge in [-0.1, -0.05) is 96.4 Å². The predicted molar refractivity (Wildman–Crippen MR) is 130 cm³/mol. The molecule has 160 valence electrons. The first-order valence-corrected chi connectivity index (χ1v) is 11.3. The highest BCUT2D eigenvalue weighted by Gasteiger charge is 2.01. The van der Waals surface area contributed by atoms with Crippen molar-refractivity contribution < 1.29 is 9.84 Å². The Balaban J connectivity index is 0. The fourth-order valence-corrected chi connectivity index (χ4v) is 2.97. The number of halogens is 5. The topological polar surface area (TPSA) is 29.5 Å². The van der Waals surface area contributed by atoms with Crippen LogP contribution in [0.5, 0.6) is 11.5 Å². The molecule has 0 saturated carbocycles. The number of hydrogen-bond donors (Lipinski definition) is 1. The number of ether oxygens (including phenoxy) is 1. The van der Waals surface area contributed by atoms with Crippen LogP contribution in [0.4, 0.5) is 0 Å². The molecule has 2 aromatic carbocycles. The van der Waals surface area contributed by atoms with Gasteiger partial charge in [0.25, 0.3) is 0 Å². The third kappa shape index (κ3) is 14.6. The van der Waals surface area contributed by atoms with Gasteiger partial charge in [0.15, 0.2) is 0 Å². The molecule has 2 aromatic rings. The molecule has 0 aromatic heterocycles. The van der Waals surface area contributed by atoms with Crippen LogP contribution in [0.15, 0.2) is 36.4 Å². The summed E-state index contributed by atoms with van der Waals surface area (Å²) in [7, 11) is 0. The van der Waals surface area contributed by atoms with E-state index in [1.54, 1.807) is 24.3 Å². The molecular weight excluding hydrogens is 506 g/mol. The molecule has 0 heterocycles. The minimum atomic E-state index is 0. The molecule has 1 N–H and O–H groups in total. The molecule has 0 spiro atoms. The molecule has 0 atom stereocenters. The summed E-state index contributed by atoms with van der Waals surface area (Å²) in [4.78, 5) is 0. The Morgan fingerprint density at radius 2 is 1.39 bits per heavy atom. The van der Waals surface area contributed by atoms with Crippen molar-refractivity contribution in [3.63, 3.8) is 0 Å². The Labute approximate surface area is 198 Å². The van der Waals surface area contributed by atoms with Crippen LogP contribution in [0.2, 0.25) is 20.1 Å². The van der Waals surface area contributed by atoms with Crippen molar-refractivity contribution in [3.05, 3.63) is 56.5 Å². The monoisotopic (exact) mass is 532 g/mol. The molecule has 7 heteroatoms. The molecule has 2 rings (SSSR count). The summed E-state index contributed by atoms with van der Waals surface area (Å²) in [5.74, 6) is 0.764. The fourth-order valence-electron chi connectivity index (χ4n) is 1.53. The Morgan fingerprint density at radius 1 is 0.857 bits per heavy atom. The zero-order valence-corrected chi connectivity index (χ0v) is 20.1. The quantitative estimate of drug-likeness (QED) is 0.295. The zero-order chi connectivity index (χ0) is 20.7. The molecular formula is C21H29BrCl4O2. The van der Waals surface area contributed by atoms with Crippen molar-refractivity contribution >= 4 is 62.3 Å². The molecule has 28 heavy (non-hydrogen) atoms. The maximum atomic E-state index is 8.85. The van der Waals surface area contributed by atoms with Crippen molar-refractivity contribution in [1.29, 1.82) is 0 Å². The van der Waals surface area contributed by atoms with Gasteiger partial charge in [0.1, 0.15) is 11.5 Å². The third-order valence-corrected chi connectivity index (χ3v) is 4.68. The summed E-state index contributed by atoms with van der Waals surface area (Å²) in [6, 6.07) is 9.76. The van der Waals surface area contributed by atoms with Gasteiger partial charge < -0.3 is 9.84 Å². The molecule has 0 saturated heterocycles. The van der Waals surface area contributed by atoms with E-state index >= 15 is 0 Å². The summed E-state index contributed by atoms with van der Waals surface area (Å²) < 4.78 is 5.44. The highest BCUT2D eigenvalue weighted by molar-refractivity contribution is 9.09. The summed E-state index contributed by atoms with van der Waals surface area (Å²) in [5.41, 5.74) is 0. The van der Waals surface area contributed by atoms with Gasteiger partial charge in [-0.3, -0.25) is 0 Å². The molecule has 0 aliphatic heterocycles.